The second-order valence-electron chi connectivity index (χ2n) is 7.35. The fourth-order valence-corrected chi connectivity index (χ4v) is 3.64. The Morgan fingerprint density at radius 2 is 1.93 bits per heavy atom. The molecule has 1 fully saturated rings. The van der Waals surface area contributed by atoms with E-state index in [9.17, 15) is 4.79 Å². The molecule has 7 heteroatoms. The smallest absolute Gasteiger partial charge is 0.259 e. The monoisotopic (exact) mass is 392 g/mol. The van der Waals surface area contributed by atoms with Crippen molar-refractivity contribution in [2.24, 2.45) is 5.92 Å². The Bertz CT molecular complexity index is 959. The molecule has 3 aromatic rings. The molecule has 2 aromatic heterocycles. The van der Waals surface area contributed by atoms with Gasteiger partial charge in [0.1, 0.15) is 17.7 Å². The van der Waals surface area contributed by atoms with Gasteiger partial charge in [-0.15, -0.1) is 0 Å². The lowest BCUT2D eigenvalue weighted by molar-refractivity contribution is 0.0657. The molecule has 1 aliphatic heterocycles. The van der Waals surface area contributed by atoms with Crippen LogP contribution in [0.1, 0.15) is 34.7 Å². The molecule has 0 atom stereocenters. The van der Waals surface area contributed by atoms with Gasteiger partial charge in [-0.1, -0.05) is 35.5 Å². The number of benzene rings is 1. The minimum Gasteiger partial charge on any atom is -0.477 e. The van der Waals surface area contributed by atoms with Crippen LogP contribution in [0.5, 0.6) is 5.88 Å². The lowest BCUT2D eigenvalue weighted by atomic mass is 9.97. The summed E-state index contributed by atoms with van der Waals surface area (Å²) in [5, 5.41) is 3.88. The molecule has 150 valence electrons. The topological polar surface area (TPSA) is 81.4 Å². The van der Waals surface area contributed by atoms with Crippen molar-refractivity contribution in [3.63, 3.8) is 0 Å². The number of piperidine rings is 1. The standard InChI is InChI=1S/C22H24N4O3/c1-15-21(16(2)29-25-15)22(27)26-10-8-17(9-11-26)13-28-20-12-19(23-14-24-20)18-6-4-3-5-7-18/h3-7,12,14,17H,8-11,13H2,1-2H3. The van der Waals surface area contributed by atoms with Gasteiger partial charge in [-0.3, -0.25) is 4.79 Å². The maximum atomic E-state index is 12.7. The molecule has 0 saturated carbocycles. The number of aryl methyl sites for hydroxylation is 2. The van der Waals surface area contributed by atoms with E-state index in [1.165, 1.54) is 6.33 Å². The molecule has 3 heterocycles. The van der Waals surface area contributed by atoms with Crippen molar-refractivity contribution in [2.45, 2.75) is 26.7 Å². The van der Waals surface area contributed by atoms with E-state index in [0.717, 1.165) is 24.1 Å². The van der Waals surface area contributed by atoms with Crippen LogP contribution in [0.25, 0.3) is 11.3 Å². The number of likely N-dealkylation sites (tertiary alicyclic amines) is 1. The number of carbonyl (C=O) groups excluding carboxylic acids is 1. The minimum atomic E-state index is 0.00363. The highest BCUT2D eigenvalue weighted by atomic mass is 16.5. The Morgan fingerprint density at radius 3 is 2.62 bits per heavy atom. The largest absolute Gasteiger partial charge is 0.477 e. The second kappa shape index (κ2) is 8.43. The Morgan fingerprint density at radius 1 is 1.17 bits per heavy atom. The summed E-state index contributed by atoms with van der Waals surface area (Å²) in [4.78, 5) is 23.2. The lowest BCUT2D eigenvalue weighted by Gasteiger charge is -2.31. The Hall–Kier alpha value is -3.22. The number of nitrogens with zero attached hydrogens (tertiary/aromatic N) is 4. The van der Waals surface area contributed by atoms with Crippen LogP contribution >= 0.6 is 0 Å². The van der Waals surface area contributed by atoms with Crippen LogP contribution in [-0.4, -0.2) is 45.6 Å². The van der Waals surface area contributed by atoms with Crippen molar-refractivity contribution in [1.82, 2.24) is 20.0 Å². The molecule has 0 radical (unpaired) electrons. The first kappa shape index (κ1) is 19.1. The van der Waals surface area contributed by atoms with Gasteiger partial charge in [-0.25, -0.2) is 9.97 Å². The molecule has 7 nitrogen and oxygen atoms in total. The third-order valence-corrected chi connectivity index (χ3v) is 5.33. The van der Waals surface area contributed by atoms with Gasteiger partial charge in [0.05, 0.1) is 18.0 Å². The fraction of sp³-hybridized carbons (Fsp3) is 0.364. The third kappa shape index (κ3) is 4.29. The highest BCUT2D eigenvalue weighted by Gasteiger charge is 2.27. The van der Waals surface area contributed by atoms with Crippen LogP contribution in [0.2, 0.25) is 0 Å². The molecule has 0 spiro atoms. The maximum Gasteiger partial charge on any atom is 0.259 e. The van der Waals surface area contributed by atoms with E-state index in [0.29, 0.717) is 48.5 Å². The zero-order chi connectivity index (χ0) is 20.2. The zero-order valence-corrected chi connectivity index (χ0v) is 16.7. The fourth-order valence-electron chi connectivity index (χ4n) is 3.64. The van der Waals surface area contributed by atoms with Gasteiger partial charge in [0, 0.05) is 24.7 Å². The van der Waals surface area contributed by atoms with Gasteiger partial charge in [0.2, 0.25) is 5.88 Å². The summed E-state index contributed by atoms with van der Waals surface area (Å²) in [6, 6.07) is 11.8. The van der Waals surface area contributed by atoms with E-state index in [2.05, 4.69) is 15.1 Å². The van der Waals surface area contributed by atoms with Gasteiger partial charge >= 0.3 is 0 Å². The molecule has 29 heavy (non-hydrogen) atoms. The van der Waals surface area contributed by atoms with Gasteiger partial charge in [0.25, 0.3) is 5.91 Å². The Labute approximate surface area is 169 Å². The van der Waals surface area contributed by atoms with Crippen molar-refractivity contribution in [2.75, 3.05) is 19.7 Å². The van der Waals surface area contributed by atoms with Crippen LogP contribution in [-0.2, 0) is 0 Å². The number of hydrogen-bond acceptors (Lipinski definition) is 6. The Kier molecular flexibility index (Phi) is 5.55. The summed E-state index contributed by atoms with van der Waals surface area (Å²) < 4.78 is 11.1. The third-order valence-electron chi connectivity index (χ3n) is 5.33. The van der Waals surface area contributed by atoms with Crippen molar-refractivity contribution in [1.29, 1.82) is 0 Å². The summed E-state index contributed by atoms with van der Waals surface area (Å²) in [6.45, 7) is 5.57. The van der Waals surface area contributed by atoms with E-state index >= 15 is 0 Å². The number of ether oxygens (including phenoxy) is 1. The molecular weight excluding hydrogens is 368 g/mol. The SMILES string of the molecule is Cc1noc(C)c1C(=O)N1CCC(COc2cc(-c3ccccc3)ncn2)CC1. The number of hydrogen-bond donors (Lipinski definition) is 0. The summed E-state index contributed by atoms with van der Waals surface area (Å²) in [7, 11) is 0. The second-order valence-corrected chi connectivity index (χ2v) is 7.35. The Balaban J connectivity index is 1.31. The highest BCUT2D eigenvalue weighted by molar-refractivity contribution is 5.96. The van der Waals surface area contributed by atoms with Crippen molar-refractivity contribution >= 4 is 5.91 Å². The van der Waals surface area contributed by atoms with Crippen molar-refractivity contribution in [3.05, 3.63) is 59.7 Å². The van der Waals surface area contributed by atoms with E-state index in [1.54, 1.807) is 13.8 Å². The molecule has 0 aliphatic carbocycles. The molecule has 0 bridgehead atoms. The average Bonchev–Trinajstić information content (AvgIpc) is 3.11. The van der Waals surface area contributed by atoms with E-state index in [-0.39, 0.29) is 5.91 Å². The first-order chi connectivity index (χ1) is 14.1. The summed E-state index contributed by atoms with van der Waals surface area (Å²) in [5.41, 5.74) is 3.12. The first-order valence-corrected chi connectivity index (χ1v) is 9.84. The molecule has 0 unspecified atom stereocenters. The van der Waals surface area contributed by atoms with Gasteiger partial charge in [-0.2, -0.15) is 0 Å². The van der Waals surface area contributed by atoms with E-state index < -0.39 is 0 Å². The molecule has 1 aliphatic rings. The van der Waals surface area contributed by atoms with Gasteiger partial charge in [-0.05, 0) is 32.6 Å². The number of carbonyl (C=O) groups is 1. The van der Waals surface area contributed by atoms with Crippen molar-refractivity contribution in [3.8, 4) is 17.1 Å². The van der Waals surface area contributed by atoms with Crippen molar-refractivity contribution < 1.29 is 14.1 Å². The predicted molar refractivity (Wildman–Crippen MR) is 108 cm³/mol. The van der Waals surface area contributed by atoms with Crippen LogP contribution in [0, 0.1) is 19.8 Å². The quantitative estimate of drug-likeness (QED) is 0.659. The number of amides is 1. The molecule has 0 N–H and O–H groups in total. The average molecular weight is 392 g/mol. The van der Waals surface area contributed by atoms with Crippen LogP contribution in [0.15, 0.2) is 47.2 Å². The van der Waals surface area contributed by atoms with Crippen LogP contribution in [0.4, 0.5) is 0 Å². The van der Waals surface area contributed by atoms with Crippen LogP contribution in [0.3, 0.4) is 0 Å². The number of aromatic nitrogens is 3. The summed E-state index contributed by atoms with van der Waals surface area (Å²) in [5.74, 6) is 1.55. The van der Waals surface area contributed by atoms with Crippen LogP contribution < -0.4 is 4.74 Å². The zero-order valence-electron chi connectivity index (χ0n) is 16.7. The first-order valence-electron chi connectivity index (χ1n) is 9.84. The molecular formula is C22H24N4O3. The highest BCUT2D eigenvalue weighted by Crippen LogP contribution is 2.24. The molecule has 1 amide bonds. The summed E-state index contributed by atoms with van der Waals surface area (Å²) in [6.07, 6.45) is 3.32. The minimum absolute atomic E-state index is 0.00363. The maximum absolute atomic E-state index is 12.7. The molecule has 1 saturated heterocycles. The normalized spacial score (nSPS) is 14.8. The number of rotatable bonds is 5. The van der Waals surface area contributed by atoms with E-state index in [4.69, 9.17) is 9.26 Å². The van der Waals surface area contributed by atoms with Gasteiger partial charge < -0.3 is 14.2 Å². The summed E-state index contributed by atoms with van der Waals surface area (Å²) >= 11 is 0. The predicted octanol–water partition coefficient (Wildman–Crippen LogP) is 3.68. The molecule has 4 rings (SSSR count). The lowest BCUT2D eigenvalue weighted by Crippen LogP contribution is -2.40. The van der Waals surface area contributed by atoms with E-state index in [1.807, 2.05) is 41.3 Å². The molecule has 1 aromatic carbocycles. The van der Waals surface area contributed by atoms with Gasteiger partial charge in [0.15, 0.2) is 0 Å².